The average Bonchev–Trinajstić information content (AvgIpc) is 2.30. The van der Waals surface area contributed by atoms with Gasteiger partial charge in [0.1, 0.15) is 0 Å². The molecule has 0 aromatic carbocycles. The third-order valence-electron chi connectivity index (χ3n) is 4.64. The van der Waals surface area contributed by atoms with Gasteiger partial charge in [-0.25, -0.2) is 0 Å². The van der Waals surface area contributed by atoms with Crippen molar-refractivity contribution in [2.45, 2.75) is 98.1 Å². The Labute approximate surface area is 110 Å². The van der Waals surface area contributed by atoms with Gasteiger partial charge in [0.2, 0.25) is 0 Å². The number of rotatable bonds is 9. The standard InChI is InChI=1S/C16H35N/c1-8-12-13-14-16(7,10-3)17(11-4)15(5,6)9-2/h8-14H2,1-7H3. The largest absolute Gasteiger partial charge is 0.293 e. The summed E-state index contributed by atoms with van der Waals surface area (Å²) in [6, 6.07) is 0. The monoisotopic (exact) mass is 241 g/mol. The maximum Gasteiger partial charge on any atom is 0.0184 e. The van der Waals surface area contributed by atoms with Crippen molar-refractivity contribution in [3.05, 3.63) is 0 Å². The second kappa shape index (κ2) is 7.41. The van der Waals surface area contributed by atoms with Crippen molar-refractivity contribution >= 4 is 0 Å². The molecule has 0 aromatic heterocycles. The third kappa shape index (κ3) is 4.62. The van der Waals surface area contributed by atoms with Crippen molar-refractivity contribution in [2.24, 2.45) is 0 Å². The molecule has 0 N–H and O–H groups in total. The van der Waals surface area contributed by atoms with Crippen molar-refractivity contribution < 1.29 is 0 Å². The van der Waals surface area contributed by atoms with Crippen LogP contribution in [0.2, 0.25) is 0 Å². The highest BCUT2D eigenvalue weighted by molar-refractivity contribution is 4.93. The molecule has 1 atom stereocenters. The molecule has 17 heavy (non-hydrogen) atoms. The Morgan fingerprint density at radius 2 is 1.41 bits per heavy atom. The van der Waals surface area contributed by atoms with Crippen LogP contribution in [0.4, 0.5) is 0 Å². The van der Waals surface area contributed by atoms with Crippen LogP contribution < -0.4 is 0 Å². The molecule has 0 saturated heterocycles. The molecule has 0 aromatic rings. The Balaban J connectivity index is 4.77. The van der Waals surface area contributed by atoms with Crippen LogP contribution in [-0.2, 0) is 0 Å². The van der Waals surface area contributed by atoms with E-state index >= 15 is 0 Å². The van der Waals surface area contributed by atoms with E-state index in [2.05, 4.69) is 53.4 Å². The second-order valence-corrected chi connectivity index (χ2v) is 6.22. The lowest BCUT2D eigenvalue weighted by atomic mass is 9.84. The minimum absolute atomic E-state index is 0.325. The Kier molecular flexibility index (Phi) is 7.39. The Hall–Kier alpha value is -0.0400. The third-order valence-corrected chi connectivity index (χ3v) is 4.64. The molecule has 0 heterocycles. The van der Waals surface area contributed by atoms with Crippen LogP contribution in [0.25, 0.3) is 0 Å². The van der Waals surface area contributed by atoms with E-state index in [-0.39, 0.29) is 0 Å². The maximum absolute atomic E-state index is 2.73. The molecule has 104 valence electrons. The number of unbranched alkanes of at least 4 members (excludes halogenated alkanes) is 2. The van der Waals surface area contributed by atoms with Crippen molar-refractivity contribution in [1.82, 2.24) is 4.90 Å². The maximum atomic E-state index is 2.73. The second-order valence-electron chi connectivity index (χ2n) is 6.22. The summed E-state index contributed by atoms with van der Waals surface area (Å²) in [5.74, 6) is 0. The van der Waals surface area contributed by atoms with Crippen LogP contribution in [0.15, 0.2) is 0 Å². The van der Waals surface area contributed by atoms with Crippen molar-refractivity contribution in [1.29, 1.82) is 0 Å². The van der Waals surface area contributed by atoms with Gasteiger partial charge in [-0.05, 0) is 46.6 Å². The summed E-state index contributed by atoms with van der Waals surface area (Å²) in [4.78, 5) is 2.73. The average molecular weight is 241 g/mol. The van der Waals surface area contributed by atoms with Crippen LogP contribution in [0.1, 0.15) is 87.0 Å². The minimum atomic E-state index is 0.325. The highest BCUT2D eigenvalue weighted by Gasteiger charge is 2.36. The molecular formula is C16H35N. The van der Waals surface area contributed by atoms with E-state index in [9.17, 15) is 0 Å². The van der Waals surface area contributed by atoms with Crippen LogP contribution in [-0.4, -0.2) is 22.5 Å². The van der Waals surface area contributed by atoms with E-state index in [0.717, 1.165) is 6.54 Å². The highest BCUT2D eigenvalue weighted by atomic mass is 15.2. The van der Waals surface area contributed by atoms with Crippen LogP contribution >= 0.6 is 0 Å². The van der Waals surface area contributed by atoms with Gasteiger partial charge in [0, 0.05) is 11.1 Å². The molecule has 0 aliphatic carbocycles. The molecule has 0 rings (SSSR count). The molecule has 0 bridgehead atoms. The quantitative estimate of drug-likeness (QED) is 0.499. The summed E-state index contributed by atoms with van der Waals surface area (Å²) >= 11 is 0. The molecule has 0 aliphatic rings. The topological polar surface area (TPSA) is 3.24 Å². The van der Waals surface area contributed by atoms with Gasteiger partial charge in [-0.1, -0.05) is 47.0 Å². The van der Waals surface area contributed by atoms with Crippen molar-refractivity contribution in [3.8, 4) is 0 Å². The van der Waals surface area contributed by atoms with Gasteiger partial charge in [0.25, 0.3) is 0 Å². The van der Waals surface area contributed by atoms with E-state index in [4.69, 9.17) is 0 Å². The Bertz CT molecular complexity index is 198. The van der Waals surface area contributed by atoms with Crippen LogP contribution in [0.5, 0.6) is 0 Å². The zero-order valence-corrected chi connectivity index (χ0v) is 13.4. The Morgan fingerprint density at radius 1 is 0.824 bits per heavy atom. The predicted molar refractivity (Wildman–Crippen MR) is 79.6 cm³/mol. The van der Waals surface area contributed by atoms with Gasteiger partial charge < -0.3 is 0 Å². The van der Waals surface area contributed by atoms with E-state index in [1.54, 1.807) is 0 Å². The molecule has 0 amide bonds. The van der Waals surface area contributed by atoms with Crippen LogP contribution in [0, 0.1) is 0 Å². The lowest BCUT2D eigenvalue weighted by Crippen LogP contribution is -2.56. The fraction of sp³-hybridized carbons (Fsp3) is 1.00. The molecule has 0 saturated carbocycles. The summed E-state index contributed by atoms with van der Waals surface area (Å²) in [5, 5.41) is 0. The molecule has 1 nitrogen and oxygen atoms in total. The summed E-state index contributed by atoms with van der Waals surface area (Å²) < 4.78 is 0. The van der Waals surface area contributed by atoms with Gasteiger partial charge in [-0.3, -0.25) is 4.90 Å². The first kappa shape index (κ1) is 17.0. The van der Waals surface area contributed by atoms with Crippen molar-refractivity contribution in [3.63, 3.8) is 0 Å². The first-order chi connectivity index (χ1) is 7.87. The molecule has 0 fully saturated rings. The normalized spacial score (nSPS) is 16.2. The first-order valence-electron chi connectivity index (χ1n) is 7.65. The lowest BCUT2D eigenvalue weighted by molar-refractivity contribution is -0.00155. The van der Waals surface area contributed by atoms with E-state index in [0.29, 0.717) is 11.1 Å². The van der Waals surface area contributed by atoms with Crippen LogP contribution in [0.3, 0.4) is 0 Å². The van der Waals surface area contributed by atoms with Gasteiger partial charge >= 0.3 is 0 Å². The van der Waals surface area contributed by atoms with E-state index in [1.807, 2.05) is 0 Å². The van der Waals surface area contributed by atoms with E-state index < -0.39 is 0 Å². The minimum Gasteiger partial charge on any atom is -0.293 e. The SMILES string of the molecule is CCCCCC(C)(CC)N(CC)C(C)(C)CC. The van der Waals surface area contributed by atoms with Gasteiger partial charge in [-0.2, -0.15) is 0 Å². The van der Waals surface area contributed by atoms with Gasteiger partial charge in [0.15, 0.2) is 0 Å². The lowest BCUT2D eigenvalue weighted by Gasteiger charge is -2.50. The fourth-order valence-electron chi connectivity index (χ4n) is 2.99. The fourth-order valence-corrected chi connectivity index (χ4v) is 2.99. The zero-order valence-electron chi connectivity index (χ0n) is 13.4. The number of nitrogens with zero attached hydrogens (tertiary/aromatic N) is 1. The Morgan fingerprint density at radius 3 is 1.76 bits per heavy atom. The summed E-state index contributed by atoms with van der Waals surface area (Å²) in [7, 11) is 0. The van der Waals surface area contributed by atoms with Gasteiger partial charge in [-0.15, -0.1) is 0 Å². The number of hydrogen-bond acceptors (Lipinski definition) is 1. The molecule has 0 spiro atoms. The molecule has 0 radical (unpaired) electrons. The molecule has 1 heteroatoms. The summed E-state index contributed by atoms with van der Waals surface area (Å²) in [6.07, 6.45) is 7.90. The van der Waals surface area contributed by atoms with E-state index in [1.165, 1.54) is 38.5 Å². The molecular weight excluding hydrogens is 206 g/mol. The van der Waals surface area contributed by atoms with Crippen molar-refractivity contribution in [2.75, 3.05) is 6.54 Å². The smallest absolute Gasteiger partial charge is 0.0184 e. The molecule has 0 aliphatic heterocycles. The molecule has 1 unspecified atom stereocenters. The van der Waals surface area contributed by atoms with Gasteiger partial charge in [0.05, 0.1) is 0 Å². The first-order valence-corrected chi connectivity index (χ1v) is 7.65. The summed E-state index contributed by atoms with van der Waals surface area (Å²) in [5.41, 5.74) is 0.704. The number of hydrogen-bond donors (Lipinski definition) is 0. The highest BCUT2D eigenvalue weighted by Crippen LogP contribution is 2.33. The predicted octanol–water partition coefficient (Wildman–Crippen LogP) is 5.25. The summed E-state index contributed by atoms with van der Waals surface area (Å²) in [6.45, 7) is 17.7. The zero-order chi connectivity index (χ0) is 13.5.